The van der Waals surface area contributed by atoms with Gasteiger partial charge in [-0.3, -0.25) is 4.79 Å². The number of carbonyl (C=O) groups is 2. The van der Waals surface area contributed by atoms with Crippen LogP contribution in [0.15, 0.2) is 60.7 Å². The van der Waals surface area contributed by atoms with Crippen molar-refractivity contribution in [1.29, 1.82) is 0 Å². The Kier molecular flexibility index (Phi) is 5.67. The third-order valence-electron chi connectivity index (χ3n) is 4.21. The summed E-state index contributed by atoms with van der Waals surface area (Å²) >= 11 is 0. The first-order valence-corrected chi connectivity index (χ1v) is 8.38. The maximum atomic E-state index is 12.2. The van der Waals surface area contributed by atoms with E-state index in [9.17, 15) is 9.59 Å². The van der Waals surface area contributed by atoms with Gasteiger partial charge in [0.2, 0.25) is 0 Å². The summed E-state index contributed by atoms with van der Waals surface area (Å²) in [5, 5.41) is 0. The zero-order chi connectivity index (χ0) is 17.5. The molecule has 0 N–H and O–H groups in total. The normalized spacial score (nSPS) is 16.5. The quantitative estimate of drug-likeness (QED) is 0.784. The van der Waals surface area contributed by atoms with Crippen LogP contribution in [0.25, 0.3) is 0 Å². The molecule has 0 bridgehead atoms. The molecule has 5 nitrogen and oxygen atoms in total. The first kappa shape index (κ1) is 17.0. The highest BCUT2D eigenvalue weighted by Crippen LogP contribution is 2.19. The maximum absolute atomic E-state index is 12.2. The van der Waals surface area contributed by atoms with E-state index in [1.807, 2.05) is 60.7 Å². The molecule has 2 aromatic rings. The third-order valence-corrected chi connectivity index (χ3v) is 4.21. The van der Waals surface area contributed by atoms with Gasteiger partial charge in [0.25, 0.3) is 0 Å². The topological polar surface area (TPSA) is 55.8 Å². The molecule has 1 saturated heterocycles. The van der Waals surface area contributed by atoms with E-state index in [2.05, 4.69) is 0 Å². The van der Waals surface area contributed by atoms with Gasteiger partial charge >= 0.3 is 12.1 Å². The number of nitrogens with zero attached hydrogens (tertiary/aromatic N) is 1. The Bertz CT molecular complexity index is 641. The zero-order valence-electron chi connectivity index (χ0n) is 14.0. The average molecular weight is 339 g/mol. The van der Waals surface area contributed by atoms with Crippen LogP contribution < -0.4 is 0 Å². The van der Waals surface area contributed by atoms with E-state index in [1.165, 1.54) is 0 Å². The lowest BCUT2D eigenvalue weighted by Gasteiger charge is -2.16. The number of benzene rings is 2. The number of ether oxygens (including phenoxy) is 2. The Morgan fingerprint density at radius 3 is 2.04 bits per heavy atom. The highest BCUT2D eigenvalue weighted by Gasteiger charge is 2.32. The second-order valence-electron chi connectivity index (χ2n) is 6.07. The van der Waals surface area contributed by atoms with Crippen molar-refractivity contribution < 1.29 is 19.1 Å². The van der Waals surface area contributed by atoms with Gasteiger partial charge < -0.3 is 14.4 Å². The summed E-state index contributed by atoms with van der Waals surface area (Å²) < 4.78 is 10.7. The molecule has 25 heavy (non-hydrogen) atoms. The van der Waals surface area contributed by atoms with Gasteiger partial charge in [0.05, 0.1) is 5.92 Å². The molecule has 0 aliphatic carbocycles. The fourth-order valence-electron chi connectivity index (χ4n) is 2.78. The van der Waals surface area contributed by atoms with Crippen LogP contribution in [0.3, 0.4) is 0 Å². The fraction of sp³-hybridized carbons (Fsp3) is 0.300. The molecule has 1 aliphatic rings. The second kappa shape index (κ2) is 8.33. The van der Waals surface area contributed by atoms with E-state index < -0.39 is 0 Å². The fourth-order valence-corrected chi connectivity index (χ4v) is 2.78. The summed E-state index contributed by atoms with van der Waals surface area (Å²) in [5.41, 5.74) is 1.89. The number of hydrogen-bond acceptors (Lipinski definition) is 4. The van der Waals surface area contributed by atoms with E-state index in [0.29, 0.717) is 19.5 Å². The molecule has 5 heteroatoms. The standard InChI is InChI=1S/C20H21NO4/c22-19(24-14-16-7-3-1-4-8-16)18-11-12-21(13-18)20(23)25-15-17-9-5-2-6-10-17/h1-10,18H,11-15H2/t18-/m1/s1. The minimum atomic E-state index is -0.387. The Labute approximate surface area is 147 Å². The van der Waals surface area contributed by atoms with Crippen LogP contribution in [-0.2, 0) is 27.5 Å². The summed E-state index contributed by atoms with van der Waals surface area (Å²) in [6.45, 7) is 1.36. The largest absolute Gasteiger partial charge is 0.461 e. The van der Waals surface area contributed by atoms with Crippen molar-refractivity contribution in [3.05, 3.63) is 71.8 Å². The molecule has 2 aromatic carbocycles. The van der Waals surface area contributed by atoms with Gasteiger partial charge in [-0.2, -0.15) is 0 Å². The summed E-state index contributed by atoms with van der Waals surface area (Å²) in [6.07, 6.45) is 0.218. The van der Waals surface area contributed by atoms with Crippen molar-refractivity contribution in [2.24, 2.45) is 5.92 Å². The molecule has 1 aliphatic heterocycles. The average Bonchev–Trinajstić information content (AvgIpc) is 3.16. The summed E-state index contributed by atoms with van der Waals surface area (Å²) in [5.74, 6) is -0.546. The molecule has 130 valence electrons. The number of amides is 1. The van der Waals surface area contributed by atoms with Crippen molar-refractivity contribution in [3.8, 4) is 0 Å². The first-order valence-electron chi connectivity index (χ1n) is 8.38. The lowest BCUT2D eigenvalue weighted by Crippen LogP contribution is -2.30. The van der Waals surface area contributed by atoms with Crippen LogP contribution in [0.4, 0.5) is 4.79 Å². The lowest BCUT2D eigenvalue weighted by atomic mass is 10.1. The van der Waals surface area contributed by atoms with Crippen molar-refractivity contribution in [1.82, 2.24) is 4.90 Å². The highest BCUT2D eigenvalue weighted by molar-refractivity contribution is 5.75. The summed E-state index contributed by atoms with van der Waals surface area (Å²) in [6, 6.07) is 19.1. The smallest absolute Gasteiger partial charge is 0.410 e. The number of rotatable bonds is 5. The molecular formula is C20H21NO4. The second-order valence-corrected chi connectivity index (χ2v) is 6.07. The molecule has 1 atom stereocenters. The Hall–Kier alpha value is -2.82. The number of likely N-dealkylation sites (tertiary alicyclic amines) is 1. The molecule has 0 radical (unpaired) electrons. The van der Waals surface area contributed by atoms with E-state index in [4.69, 9.17) is 9.47 Å². The molecule has 1 amide bonds. The van der Waals surface area contributed by atoms with Gasteiger partial charge in [0.1, 0.15) is 13.2 Å². The van der Waals surface area contributed by atoms with Gasteiger partial charge in [-0.1, -0.05) is 60.7 Å². The van der Waals surface area contributed by atoms with E-state index >= 15 is 0 Å². The minimum Gasteiger partial charge on any atom is -0.461 e. The van der Waals surface area contributed by atoms with E-state index in [0.717, 1.165) is 11.1 Å². The molecule has 1 heterocycles. The SMILES string of the molecule is O=C(OCc1ccccc1)[C@@H]1CCN(C(=O)OCc2ccccc2)C1. The van der Waals surface area contributed by atoms with E-state index in [1.54, 1.807) is 4.90 Å². The molecular weight excluding hydrogens is 318 g/mol. The summed E-state index contributed by atoms with van der Waals surface area (Å²) in [7, 11) is 0. The zero-order valence-corrected chi connectivity index (χ0v) is 14.0. The molecule has 1 fully saturated rings. The first-order chi connectivity index (χ1) is 12.2. The third kappa shape index (κ3) is 4.83. The predicted octanol–water partition coefficient (Wildman–Crippen LogP) is 3.39. The van der Waals surface area contributed by atoms with Crippen molar-refractivity contribution in [2.75, 3.05) is 13.1 Å². The highest BCUT2D eigenvalue weighted by atomic mass is 16.6. The van der Waals surface area contributed by atoms with Crippen LogP contribution in [-0.4, -0.2) is 30.1 Å². The Morgan fingerprint density at radius 2 is 1.44 bits per heavy atom. The van der Waals surface area contributed by atoms with Crippen molar-refractivity contribution >= 4 is 12.1 Å². The Balaban J connectivity index is 1.43. The lowest BCUT2D eigenvalue weighted by molar-refractivity contribution is -0.149. The number of carbonyl (C=O) groups excluding carboxylic acids is 2. The van der Waals surface area contributed by atoms with E-state index in [-0.39, 0.29) is 31.2 Å². The number of hydrogen-bond donors (Lipinski definition) is 0. The van der Waals surface area contributed by atoms with Crippen LogP contribution in [0.5, 0.6) is 0 Å². The monoisotopic (exact) mass is 339 g/mol. The van der Waals surface area contributed by atoms with Crippen molar-refractivity contribution in [2.45, 2.75) is 19.6 Å². The van der Waals surface area contributed by atoms with Crippen LogP contribution in [0, 0.1) is 5.92 Å². The van der Waals surface area contributed by atoms with Crippen molar-refractivity contribution in [3.63, 3.8) is 0 Å². The molecule has 0 unspecified atom stereocenters. The summed E-state index contributed by atoms with van der Waals surface area (Å²) in [4.78, 5) is 25.8. The predicted molar refractivity (Wildman–Crippen MR) is 92.5 cm³/mol. The van der Waals surface area contributed by atoms with Gasteiger partial charge in [-0.05, 0) is 17.5 Å². The Morgan fingerprint density at radius 1 is 0.880 bits per heavy atom. The van der Waals surface area contributed by atoms with Crippen LogP contribution in [0.1, 0.15) is 17.5 Å². The van der Waals surface area contributed by atoms with Gasteiger partial charge in [0, 0.05) is 13.1 Å². The van der Waals surface area contributed by atoms with Gasteiger partial charge in [-0.25, -0.2) is 4.79 Å². The van der Waals surface area contributed by atoms with Crippen LogP contribution >= 0.6 is 0 Å². The number of esters is 1. The van der Waals surface area contributed by atoms with Gasteiger partial charge in [0.15, 0.2) is 0 Å². The minimum absolute atomic E-state index is 0.235. The maximum Gasteiger partial charge on any atom is 0.410 e. The van der Waals surface area contributed by atoms with Crippen LogP contribution in [0.2, 0.25) is 0 Å². The van der Waals surface area contributed by atoms with Gasteiger partial charge in [-0.15, -0.1) is 0 Å². The molecule has 0 spiro atoms. The molecule has 0 saturated carbocycles. The molecule has 0 aromatic heterocycles. The molecule has 3 rings (SSSR count).